The van der Waals surface area contributed by atoms with E-state index in [0.717, 1.165) is 27.8 Å². The summed E-state index contributed by atoms with van der Waals surface area (Å²) in [4.78, 5) is 36.9. The molecule has 1 aliphatic heterocycles. The topological polar surface area (TPSA) is 89.7 Å². The van der Waals surface area contributed by atoms with Gasteiger partial charge in [-0.15, -0.1) is 0 Å². The van der Waals surface area contributed by atoms with Crippen LogP contribution in [0.4, 0.5) is 10.5 Å². The van der Waals surface area contributed by atoms with Crippen molar-refractivity contribution >= 4 is 57.9 Å². The van der Waals surface area contributed by atoms with Crippen molar-refractivity contribution in [3.8, 4) is 5.75 Å². The molecule has 172 valence electrons. The molecular formula is C24H16Cl2N2O5S. The molecule has 0 radical (unpaired) electrons. The molecule has 2 amide bonds. The van der Waals surface area contributed by atoms with Crippen LogP contribution in [0.3, 0.4) is 0 Å². The second-order valence-corrected chi connectivity index (χ2v) is 9.06. The first kappa shape index (κ1) is 23.8. The maximum Gasteiger partial charge on any atom is 0.293 e. The summed E-state index contributed by atoms with van der Waals surface area (Å²) >= 11 is 13.2. The van der Waals surface area contributed by atoms with Crippen molar-refractivity contribution in [2.75, 3.05) is 0 Å². The van der Waals surface area contributed by atoms with Crippen LogP contribution in [0.5, 0.6) is 5.75 Å². The van der Waals surface area contributed by atoms with E-state index in [-0.39, 0.29) is 18.8 Å². The molecule has 0 aromatic heterocycles. The van der Waals surface area contributed by atoms with Crippen molar-refractivity contribution in [2.24, 2.45) is 0 Å². The first-order valence-electron chi connectivity index (χ1n) is 9.96. The van der Waals surface area contributed by atoms with Crippen molar-refractivity contribution in [3.63, 3.8) is 0 Å². The van der Waals surface area contributed by atoms with Gasteiger partial charge in [0.05, 0.1) is 16.4 Å². The summed E-state index contributed by atoms with van der Waals surface area (Å²) in [5.74, 6) is 0.182. The molecule has 0 N–H and O–H groups in total. The molecule has 3 aromatic carbocycles. The third-order valence-corrected chi connectivity index (χ3v) is 6.60. The lowest BCUT2D eigenvalue weighted by Crippen LogP contribution is -2.27. The van der Waals surface area contributed by atoms with Crippen LogP contribution in [0.15, 0.2) is 71.6 Å². The Hall–Kier alpha value is -3.33. The van der Waals surface area contributed by atoms with Crippen molar-refractivity contribution in [3.05, 3.63) is 108 Å². The van der Waals surface area contributed by atoms with Crippen molar-refractivity contribution in [1.82, 2.24) is 4.90 Å². The van der Waals surface area contributed by atoms with Crippen LogP contribution < -0.4 is 4.74 Å². The molecular weight excluding hydrogens is 499 g/mol. The van der Waals surface area contributed by atoms with E-state index in [1.807, 2.05) is 0 Å². The van der Waals surface area contributed by atoms with E-state index in [2.05, 4.69) is 0 Å². The number of nitrogens with zero attached hydrogens (tertiary/aromatic N) is 2. The molecule has 0 saturated carbocycles. The summed E-state index contributed by atoms with van der Waals surface area (Å²) in [6, 6.07) is 18.1. The van der Waals surface area contributed by atoms with Gasteiger partial charge in [0.15, 0.2) is 0 Å². The van der Waals surface area contributed by atoms with E-state index in [1.165, 1.54) is 12.1 Å². The zero-order chi connectivity index (χ0) is 24.2. The van der Waals surface area contributed by atoms with Gasteiger partial charge in [0.2, 0.25) is 0 Å². The van der Waals surface area contributed by atoms with Gasteiger partial charge in [0.25, 0.3) is 16.8 Å². The maximum atomic E-state index is 12.8. The third kappa shape index (κ3) is 5.41. The van der Waals surface area contributed by atoms with E-state index in [0.29, 0.717) is 26.3 Å². The Morgan fingerprint density at radius 1 is 0.971 bits per heavy atom. The first-order valence-corrected chi connectivity index (χ1v) is 11.5. The first-order chi connectivity index (χ1) is 16.3. The summed E-state index contributed by atoms with van der Waals surface area (Å²) in [6.45, 7) is 0.247. The fraction of sp³-hybridized carbons (Fsp3) is 0.0833. The number of benzene rings is 3. The smallest absolute Gasteiger partial charge is 0.293 e. The molecule has 7 nitrogen and oxygen atoms in total. The van der Waals surface area contributed by atoms with Gasteiger partial charge in [0.1, 0.15) is 12.4 Å². The van der Waals surface area contributed by atoms with Gasteiger partial charge in [-0.25, -0.2) is 0 Å². The SMILES string of the molecule is O=C1S/C(=C/c2ccc(OCc3ccc([N+](=O)[O-])cc3)cc2)C(=O)N1Cc1c(Cl)cccc1Cl. The van der Waals surface area contributed by atoms with Crippen LogP contribution >= 0.6 is 35.0 Å². The van der Waals surface area contributed by atoms with Gasteiger partial charge in [-0.1, -0.05) is 41.4 Å². The number of carbonyl (C=O) groups is 2. The number of halogens is 2. The molecule has 0 spiro atoms. The number of ether oxygens (including phenoxy) is 1. The molecule has 3 aromatic rings. The molecule has 4 rings (SSSR count). The predicted octanol–water partition coefficient (Wildman–Crippen LogP) is 6.72. The standard InChI is InChI=1S/C24H16Cl2N2O5S/c25-20-2-1-3-21(26)19(20)13-27-23(29)22(34-24(27)30)12-15-6-10-18(11-7-15)33-14-16-4-8-17(9-5-16)28(31)32/h1-12H,13-14H2/b22-12+. The summed E-state index contributed by atoms with van der Waals surface area (Å²) in [5.41, 5.74) is 2.06. The lowest BCUT2D eigenvalue weighted by atomic mass is 10.2. The zero-order valence-corrected chi connectivity index (χ0v) is 19.8. The Bertz CT molecular complexity index is 1270. The monoisotopic (exact) mass is 514 g/mol. The minimum Gasteiger partial charge on any atom is -0.489 e. The lowest BCUT2D eigenvalue weighted by molar-refractivity contribution is -0.384. The number of carbonyl (C=O) groups excluding carboxylic acids is 2. The molecule has 1 aliphatic rings. The molecule has 0 unspecified atom stereocenters. The van der Waals surface area contributed by atoms with Gasteiger partial charge in [-0.05, 0) is 65.4 Å². The highest BCUT2D eigenvalue weighted by Gasteiger charge is 2.35. The second kappa shape index (κ2) is 10.3. The number of non-ortho nitro benzene ring substituents is 1. The molecule has 1 fully saturated rings. The van der Waals surface area contributed by atoms with Crippen LogP contribution in [0.25, 0.3) is 6.08 Å². The van der Waals surface area contributed by atoms with Gasteiger partial charge in [-0.3, -0.25) is 24.6 Å². The fourth-order valence-corrected chi connectivity index (χ4v) is 4.53. The van der Waals surface area contributed by atoms with E-state index < -0.39 is 16.1 Å². The Morgan fingerprint density at radius 3 is 2.24 bits per heavy atom. The van der Waals surface area contributed by atoms with Gasteiger partial charge in [-0.2, -0.15) is 0 Å². The van der Waals surface area contributed by atoms with Crippen molar-refractivity contribution in [2.45, 2.75) is 13.2 Å². The average Bonchev–Trinajstić information content (AvgIpc) is 3.08. The van der Waals surface area contributed by atoms with E-state index >= 15 is 0 Å². The quantitative estimate of drug-likeness (QED) is 0.197. The molecule has 1 saturated heterocycles. The maximum absolute atomic E-state index is 12.8. The predicted molar refractivity (Wildman–Crippen MR) is 132 cm³/mol. The largest absolute Gasteiger partial charge is 0.489 e. The highest BCUT2D eigenvalue weighted by Crippen LogP contribution is 2.35. The summed E-state index contributed by atoms with van der Waals surface area (Å²) in [6.07, 6.45) is 1.64. The Morgan fingerprint density at radius 2 is 1.62 bits per heavy atom. The van der Waals surface area contributed by atoms with Crippen LogP contribution in [0, 0.1) is 10.1 Å². The number of rotatable bonds is 7. The number of hydrogen-bond acceptors (Lipinski definition) is 6. The minimum absolute atomic E-state index is 0.00403. The molecule has 10 heteroatoms. The van der Waals surface area contributed by atoms with Gasteiger partial charge < -0.3 is 4.74 Å². The molecule has 0 bridgehead atoms. The van der Waals surface area contributed by atoms with Gasteiger partial charge >= 0.3 is 0 Å². The number of imide groups is 1. The Balaban J connectivity index is 1.40. The highest BCUT2D eigenvalue weighted by molar-refractivity contribution is 8.18. The van der Waals surface area contributed by atoms with E-state index in [1.54, 1.807) is 60.7 Å². The fourth-order valence-electron chi connectivity index (χ4n) is 3.17. The lowest BCUT2D eigenvalue weighted by Gasteiger charge is -2.14. The average molecular weight is 515 g/mol. The summed E-state index contributed by atoms with van der Waals surface area (Å²) in [5, 5.41) is 11.1. The number of nitro groups is 1. The normalized spacial score (nSPS) is 14.6. The summed E-state index contributed by atoms with van der Waals surface area (Å²) in [7, 11) is 0. The van der Waals surface area contributed by atoms with Crippen LogP contribution in [-0.4, -0.2) is 21.0 Å². The highest BCUT2D eigenvalue weighted by atomic mass is 35.5. The molecule has 0 aliphatic carbocycles. The minimum atomic E-state index is -0.454. The second-order valence-electron chi connectivity index (χ2n) is 7.25. The van der Waals surface area contributed by atoms with Crippen LogP contribution in [-0.2, 0) is 17.9 Å². The number of thioether (sulfide) groups is 1. The van der Waals surface area contributed by atoms with Crippen molar-refractivity contribution in [1.29, 1.82) is 0 Å². The zero-order valence-electron chi connectivity index (χ0n) is 17.4. The van der Waals surface area contributed by atoms with Crippen LogP contribution in [0.2, 0.25) is 10.0 Å². The molecule has 34 heavy (non-hydrogen) atoms. The third-order valence-electron chi connectivity index (χ3n) is 4.98. The van der Waals surface area contributed by atoms with E-state index in [9.17, 15) is 19.7 Å². The Labute approximate surface area is 209 Å². The van der Waals surface area contributed by atoms with Gasteiger partial charge in [0, 0.05) is 27.7 Å². The number of nitro benzene ring substituents is 1. The van der Waals surface area contributed by atoms with E-state index in [4.69, 9.17) is 27.9 Å². The number of hydrogen-bond donors (Lipinski definition) is 0. The summed E-state index contributed by atoms with van der Waals surface area (Å²) < 4.78 is 5.71. The molecule has 1 heterocycles. The number of amides is 2. The van der Waals surface area contributed by atoms with Crippen LogP contribution in [0.1, 0.15) is 16.7 Å². The van der Waals surface area contributed by atoms with Crippen molar-refractivity contribution < 1.29 is 19.2 Å². The Kier molecular flexibility index (Phi) is 7.21. The molecule has 0 atom stereocenters.